The Kier molecular flexibility index (Phi) is 4.59. The van der Waals surface area contributed by atoms with Gasteiger partial charge in [-0.05, 0) is 5.56 Å². The molecular weight excluding hydrogens is 194 g/mol. The van der Waals surface area contributed by atoms with Gasteiger partial charge in [0.25, 0.3) is 0 Å². The molecule has 0 amide bonds. The van der Waals surface area contributed by atoms with Crippen LogP contribution in [0.25, 0.3) is 0 Å². The van der Waals surface area contributed by atoms with E-state index >= 15 is 0 Å². The summed E-state index contributed by atoms with van der Waals surface area (Å²) >= 11 is 0. The van der Waals surface area contributed by atoms with E-state index < -0.39 is 0 Å². The Bertz CT molecular complexity index is 314. The summed E-state index contributed by atoms with van der Waals surface area (Å²) in [5.74, 6) is 0.0874. The van der Waals surface area contributed by atoms with E-state index in [0.717, 1.165) is 5.56 Å². The monoisotopic (exact) mass is 209 g/mol. The second kappa shape index (κ2) is 6.00. The molecule has 0 spiro atoms. The summed E-state index contributed by atoms with van der Waals surface area (Å²) in [5.41, 5.74) is 6.27. The van der Waals surface area contributed by atoms with Crippen molar-refractivity contribution in [2.75, 3.05) is 13.2 Å². The second-order valence-corrected chi connectivity index (χ2v) is 3.12. The standard InChI is InChI=1S/C10H15N3O2/c11-10(13-15)6-12-9(7-14)8-4-2-1-3-5-8/h1-5,9,12,14-15H,6-7H2,(H2,11,13). The average molecular weight is 209 g/mol. The molecular formula is C10H15N3O2. The summed E-state index contributed by atoms with van der Waals surface area (Å²) in [6, 6.07) is 9.29. The Labute approximate surface area is 88.2 Å². The molecule has 1 aromatic carbocycles. The summed E-state index contributed by atoms with van der Waals surface area (Å²) in [5, 5.41) is 23.3. The third-order valence-electron chi connectivity index (χ3n) is 2.04. The number of nitrogens with zero attached hydrogens (tertiary/aromatic N) is 1. The summed E-state index contributed by atoms with van der Waals surface area (Å²) < 4.78 is 0. The molecule has 0 radical (unpaired) electrons. The third kappa shape index (κ3) is 3.57. The topological polar surface area (TPSA) is 90.9 Å². The van der Waals surface area contributed by atoms with Crippen molar-refractivity contribution < 1.29 is 10.3 Å². The first-order chi connectivity index (χ1) is 7.27. The zero-order valence-electron chi connectivity index (χ0n) is 8.30. The molecule has 5 nitrogen and oxygen atoms in total. The van der Waals surface area contributed by atoms with Gasteiger partial charge < -0.3 is 21.4 Å². The largest absolute Gasteiger partial charge is 0.409 e. The molecule has 1 atom stereocenters. The molecule has 0 aliphatic heterocycles. The van der Waals surface area contributed by atoms with Gasteiger partial charge in [0.2, 0.25) is 0 Å². The van der Waals surface area contributed by atoms with E-state index in [4.69, 9.17) is 16.0 Å². The highest BCUT2D eigenvalue weighted by Crippen LogP contribution is 2.10. The van der Waals surface area contributed by atoms with Gasteiger partial charge in [-0.1, -0.05) is 35.5 Å². The van der Waals surface area contributed by atoms with Crippen LogP contribution in [0, 0.1) is 0 Å². The Morgan fingerprint density at radius 3 is 2.60 bits per heavy atom. The molecule has 82 valence electrons. The Hall–Kier alpha value is -1.59. The molecule has 0 bridgehead atoms. The van der Waals surface area contributed by atoms with E-state index in [9.17, 15) is 0 Å². The lowest BCUT2D eigenvalue weighted by Gasteiger charge is -2.15. The minimum atomic E-state index is -0.202. The molecule has 0 saturated carbocycles. The van der Waals surface area contributed by atoms with E-state index in [1.165, 1.54) is 0 Å². The van der Waals surface area contributed by atoms with E-state index in [1.807, 2.05) is 30.3 Å². The van der Waals surface area contributed by atoms with Crippen molar-refractivity contribution in [2.45, 2.75) is 6.04 Å². The fourth-order valence-corrected chi connectivity index (χ4v) is 1.24. The van der Waals surface area contributed by atoms with Crippen LogP contribution in [0.5, 0.6) is 0 Å². The maximum absolute atomic E-state index is 9.16. The first-order valence-electron chi connectivity index (χ1n) is 4.63. The lowest BCUT2D eigenvalue weighted by Crippen LogP contribution is -2.33. The zero-order chi connectivity index (χ0) is 11.1. The molecule has 5 heteroatoms. The van der Waals surface area contributed by atoms with E-state index in [2.05, 4.69) is 10.5 Å². The molecule has 1 rings (SSSR count). The van der Waals surface area contributed by atoms with Gasteiger partial charge in [-0.25, -0.2) is 0 Å². The quantitative estimate of drug-likeness (QED) is 0.239. The van der Waals surface area contributed by atoms with Crippen LogP contribution in [0.1, 0.15) is 11.6 Å². The smallest absolute Gasteiger partial charge is 0.153 e. The van der Waals surface area contributed by atoms with E-state index in [1.54, 1.807) is 0 Å². The van der Waals surface area contributed by atoms with Crippen LogP contribution in [0.2, 0.25) is 0 Å². The van der Waals surface area contributed by atoms with Crippen LogP contribution >= 0.6 is 0 Å². The maximum atomic E-state index is 9.16. The van der Waals surface area contributed by atoms with Crippen molar-refractivity contribution in [2.24, 2.45) is 10.9 Å². The van der Waals surface area contributed by atoms with Crippen molar-refractivity contribution >= 4 is 5.84 Å². The minimum absolute atomic E-state index is 0.0390. The highest BCUT2D eigenvalue weighted by molar-refractivity contribution is 5.81. The van der Waals surface area contributed by atoms with Crippen molar-refractivity contribution in [3.05, 3.63) is 35.9 Å². The number of oxime groups is 1. The first kappa shape index (κ1) is 11.5. The highest BCUT2D eigenvalue weighted by Gasteiger charge is 2.09. The fourth-order valence-electron chi connectivity index (χ4n) is 1.24. The SMILES string of the molecule is NC(CNC(CO)c1ccccc1)=NO. The van der Waals surface area contributed by atoms with E-state index in [0.29, 0.717) is 0 Å². The van der Waals surface area contributed by atoms with Crippen LogP contribution in [0.3, 0.4) is 0 Å². The molecule has 0 aliphatic carbocycles. The van der Waals surface area contributed by atoms with Crippen LogP contribution in [-0.2, 0) is 0 Å². The fraction of sp³-hybridized carbons (Fsp3) is 0.300. The van der Waals surface area contributed by atoms with Crippen LogP contribution in [0.15, 0.2) is 35.5 Å². The van der Waals surface area contributed by atoms with Crippen molar-refractivity contribution in [1.29, 1.82) is 0 Å². The van der Waals surface area contributed by atoms with Crippen LogP contribution < -0.4 is 11.1 Å². The van der Waals surface area contributed by atoms with E-state index in [-0.39, 0.29) is 25.0 Å². The first-order valence-corrected chi connectivity index (χ1v) is 4.63. The lowest BCUT2D eigenvalue weighted by atomic mass is 10.1. The van der Waals surface area contributed by atoms with Crippen molar-refractivity contribution in [3.63, 3.8) is 0 Å². The molecule has 5 N–H and O–H groups in total. The third-order valence-corrected chi connectivity index (χ3v) is 2.04. The van der Waals surface area contributed by atoms with Gasteiger partial charge in [0, 0.05) is 0 Å². The van der Waals surface area contributed by atoms with Crippen LogP contribution in [0.4, 0.5) is 0 Å². The summed E-state index contributed by atoms with van der Waals surface area (Å²) in [6.45, 7) is 0.194. The molecule has 0 aliphatic rings. The van der Waals surface area contributed by atoms with Gasteiger partial charge in [-0.2, -0.15) is 0 Å². The predicted molar refractivity (Wildman–Crippen MR) is 57.7 cm³/mol. The number of aliphatic hydroxyl groups excluding tert-OH is 1. The van der Waals surface area contributed by atoms with Crippen molar-refractivity contribution in [3.8, 4) is 0 Å². The molecule has 0 saturated heterocycles. The number of hydrogen-bond acceptors (Lipinski definition) is 4. The van der Waals surface area contributed by atoms with Crippen LogP contribution in [-0.4, -0.2) is 29.3 Å². The normalized spacial score (nSPS) is 13.8. The molecule has 1 unspecified atom stereocenters. The second-order valence-electron chi connectivity index (χ2n) is 3.12. The molecule has 0 aromatic heterocycles. The Balaban J connectivity index is 2.57. The van der Waals surface area contributed by atoms with Gasteiger partial charge in [-0.3, -0.25) is 0 Å². The Morgan fingerprint density at radius 2 is 2.07 bits per heavy atom. The Morgan fingerprint density at radius 1 is 1.40 bits per heavy atom. The zero-order valence-corrected chi connectivity index (χ0v) is 8.30. The summed E-state index contributed by atoms with van der Waals surface area (Å²) in [6.07, 6.45) is 0. The maximum Gasteiger partial charge on any atom is 0.153 e. The van der Waals surface area contributed by atoms with Crippen molar-refractivity contribution in [1.82, 2.24) is 5.32 Å². The number of rotatable bonds is 5. The van der Waals surface area contributed by atoms with Gasteiger partial charge in [0.05, 0.1) is 19.2 Å². The number of amidine groups is 1. The van der Waals surface area contributed by atoms with Gasteiger partial charge in [-0.15, -0.1) is 0 Å². The van der Waals surface area contributed by atoms with Gasteiger partial charge in [0.1, 0.15) is 0 Å². The molecule has 1 aromatic rings. The summed E-state index contributed by atoms with van der Waals surface area (Å²) in [4.78, 5) is 0. The molecule has 0 heterocycles. The van der Waals surface area contributed by atoms with Gasteiger partial charge >= 0.3 is 0 Å². The molecule has 0 fully saturated rings. The number of hydrogen-bond donors (Lipinski definition) is 4. The van der Waals surface area contributed by atoms with Gasteiger partial charge in [0.15, 0.2) is 5.84 Å². The average Bonchev–Trinajstić information content (AvgIpc) is 2.31. The minimum Gasteiger partial charge on any atom is -0.409 e. The molecule has 15 heavy (non-hydrogen) atoms. The number of nitrogens with one attached hydrogen (secondary N) is 1. The number of benzene rings is 1. The highest BCUT2D eigenvalue weighted by atomic mass is 16.4. The lowest BCUT2D eigenvalue weighted by molar-refractivity contribution is 0.248. The number of aliphatic hydroxyl groups is 1. The predicted octanol–water partition coefficient (Wildman–Crippen LogP) is 0.0560. The number of nitrogens with two attached hydrogens (primary N) is 1. The summed E-state index contributed by atoms with van der Waals surface area (Å²) in [7, 11) is 0.